The Morgan fingerprint density at radius 3 is 2.55 bits per heavy atom. The molecule has 0 bridgehead atoms. The first-order valence-corrected chi connectivity index (χ1v) is 12.0. The Kier molecular flexibility index (Phi) is 6.12. The van der Waals surface area contributed by atoms with Gasteiger partial charge in [-0.2, -0.15) is 0 Å². The van der Waals surface area contributed by atoms with Crippen molar-refractivity contribution in [1.82, 2.24) is 9.88 Å². The van der Waals surface area contributed by atoms with E-state index in [4.69, 9.17) is 4.74 Å². The third kappa shape index (κ3) is 4.37. The predicted octanol–water partition coefficient (Wildman–Crippen LogP) is 5.73. The first-order valence-electron chi connectivity index (χ1n) is 12.0. The molecule has 2 atom stereocenters. The topological polar surface area (TPSA) is 59.5 Å². The standard InChI is InChI=1S/C28H30N2O3/c1-19(27(31)30-23(18-33-28(30)32)17-20-7-3-2-4-8-20)21-11-13-22(14-12-21)24-15-16-29-26-10-6-5-9-25(24)26/h2-10,15-16,19,21-23H,11-14,17-18H2,1H3/t19?,21?,22?,23-/m1/s1. The maximum Gasteiger partial charge on any atom is 0.416 e. The highest BCUT2D eigenvalue weighted by molar-refractivity contribution is 5.94. The van der Waals surface area contributed by atoms with Crippen molar-refractivity contribution in [3.8, 4) is 0 Å². The summed E-state index contributed by atoms with van der Waals surface area (Å²) in [5.74, 6) is 0.493. The van der Waals surface area contributed by atoms with Crippen LogP contribution < -0.4 is 0 Å². The zero-order chi connectivity index (χ0) is 22.8. The van der Waals surface area contributed by atoms with Crippen LogP contribution in [0, 0.1) is 11.8 Å². The number of para-hydroxylation sites is 1. The lowest BCUT2D eigenvalue weighted by Gasteiger charge is -2.34. The Bertz CT molecular complexity index is 1130. The first kappa shape index (κ1) is 21.6. The minimum Gasteiger partial charge on any atom is -0.447 e. The predicted molar refractivity (Wildman–Crippen MR) is 128 cm³/mol. The maximum atomic E-state index is 13.4. The number of aromatic nitrogens is 1. The van der Waals surface area contributed by atoms with Crippen LogP contribution in [-0.2, 0) is 16.0 Å². The molecule has 5 nitrogen and oxygen atoms in total. The van der Waals surface area contributed by atoms with Crippen molar-refractivity contribution >= 4 is 22.9 Å². The van der Waals surface area contributed by atoms with Crippen LogP contribution in [-0.4, -0.2) is 34.5 Å². The molecule has 1 aliphatic heterocycles. The van der Waals surface area contributed by atoms with Crippen LogP contribution in [0.3, 0.4) is 0 Å². The lowest BCUT2D eigenvalue weighted by atomic mass is 9.73. The van der Waals surface area contributed by atoms with Crippen molar-refractivity contribution < 1.29 is 14.3 Å². The van der Waals surface area contributed by atoms with E-state index < -0.39 is 6.09 Å². The van der Waals surface area contributed by atoms with E-state index in [0.29, 0.717) is 12.3 Å². The Morgan fingerprint density at radius 2 is 1.76 bits per heavy atom. The van der Waals surface area contributed by atoms with Crippen LogP contribution in [0.1, 0.15) is 49.7 Å². The molecule has 2 aliphatic rings. The van der Waals surface area contributed by atoms with Gasteiger partial charge in [0.25, 0.3) is 0 Å². The number of amides is 2. The number of benzene rings is 2. The third-order valence-corrected chi connectivity index (χ3v) is 7.50. The van der Waals surface area contributed by atoms with Gasteiger partial charge in [-0.25, -0.2) is 9.69 Å². The van der Waals surface area contributed by atoms with Gasteiger partial charge in [-0.05, 0) is 67.2 Å². The number of hydrogen-bond donors (Lipinski definition) is 0. The van der Waals surface area contributed by atoms with Crippen molar-refractivity contribution in [2.45, 2.75) is 51.0 Å². The lowest BCUT2D eigenvalue weighted by molar-refractivity contribution is -0.135. The Morgan fingerprint density at radius 1 is 1.03 bits per heavy atom. The minimum absolute atomic E-state index is 0.0868. The normalized spacial score (nSPS) is 24.0. The zero-order valence-corrected chi connectivity index (χ0v) is 19.0. The van der Waals surface area contributed by atoms with E-state index >= 15 is 0 Å². The van der Waals surface area contributed by atoms with E-state index in [9.17, 15) is 9.59 Å². The van der Waals surface area contributed by atoms with Gasteiger partial charge in [-0.3, -0.25) is 9.78 Å². The molecule has 0 radical (unpaired) electrons. The molecular formula is C28H30N2O3. The molecule has 2 heterocycles. The average Bonchev–Trinajstić information content (AvgIpc) is 3.23. The highest BCUT2D eigenvalue weighted by Crippen LogP contribution is 2.41. The molecule has 5 heteroatoms. The molecule has 0 N–H and O–H groups in total. The summed E-state index contributed by atoms with van der Waals surface area (Å²) < 4.78 is 5.28. The lowest BCUT2D eigenvalue weighted by Crippen LogP contribution is -2.45. The van der Waals surface area contributed by atoms with Gasteiger partial charge >= 0.3 is 6.09 Å². The minimum atomic E-state index is -0.496. The molecule has 1 saturated carbocycles. The summed E-state index contributed by atoms with van der Waals surface area (Å²) in [7, 11) is 0. The summed E-state index contributed by atoms with van der Waals surface area (Å²) in [6, 6.07) is 20.2. The van der Waals surface area contributed by atoms with Crippen molar-refractivity contribution in [3.05, 3.63) is 78.0 Å². The summed E-state index contributed by atoms with van der Waals surface area (Å²) in [4.78, 5) is 31.7. The van der Waals surface area contributed by atoms with Crippen LogP contribution >= 0.6 is 0 Å². The van der Waals surface area contributed by atoms with Crippen molar-refractivity contribution in [3.63, 3.8) is 0 Å². The van der Waals surface area contributed by atoms with E-state index in [0.717, 1.165) is 36.8 Å². The number of carbonyl (C=O) groups is 2. The van der Waals surface area contributed by atoms with Crippen molar-refractivity contribution in [1.29, 1.82) is 0 Å². The molecule has 0 spiro atoms. The number of nitrogens with zero attached hydrogens (tertiary/aromatic N) is 2. The second kappa shape index (κ2) is 9.34. The molecule has 33 heavy (non-hydrogen) atoms. The molecule has 1 aromatic heterocycles. The monoisotopic (exact) mass is 442 g/mol. The molecule has 3 aromatic rings. The van der Waals surface area contributed by atoms with Gasteiger partial charge in [-0.1, -0.05) is 55.5 Å². The van der Waals surface area contributed by atoms with E-state index in [1.54, 1.807) is 0 Å². The average molecular weight is 443 g/mol. The van der Waals surface area contributed by atoms with Crippen LogP contribution in [0.15, 0.2) is 66.9 Å². The molecule has 1 unspecified atom stereocenters. The van der Waals surface area contributed by atoms with E-state index in [1.165, 1.54) is 15.8 Å². The highest BCUT2D eigenvalue weighted by Gasteiger charge is 2.42. The van der Waals surface area contributed by atoms with Gasteiger partial charge in [0.05, 0.1) is 11.6 Å². The van der Waals surface area contributed by atoms with Gasteiger partial charge in [-0.15, -0.1) is 0 Å². The number of fused-ring (bicyclic) bond motifs is 1. The number of rotatable bonds is 5. The second-order valence-electron chi connectivity index (χ2n) is 9.45. The fraction of sp³-hybridized carbons (Fsp3) is 0.393. The fourth-order valence-electron chi connectivity index (χ4n) is 5.59. The van der Waals surface area contributed by atoms with E-state index in [-0.39, 0.29) is 30.4 Å². The molecule has 1 aliphatic carbocycles. The summed E-state index contributed by atoms with van der Waals surface area (Å²) in [6.07, 6.45) is 6.11. The molecule has 2 fully saturated rings. The molecule has 2 aromatic carbocycles. The highest BCUT2D eigenvalue weighted by atomic mass is 16.6. The molecule has 5 rings (SSSR count). The first-order chi connectivity index (χ1) is 16.1. The van der Waals surface area contributed by atoms with Crippen molar-refractivity contribution in [2.75, 3.05) is 6.61 Å². The number of ether oxygens (including phenoxy) is 1. The van der Waals surface area contributed by atoms with Crippen LogP contribution in [0.2, 0.25) is 0 Å². The van der Waals surface area contributed by atoms with Gasteiger partial charge in [0, 0.05) is 17.5 Å². The molecule has 170 valence electrons. The van der Waals surface area contributed by atoms with E-state index in [2.05, 4.69) is 29.2 Å². The van der Waals surface area contributed by atoms with E-state index in [1.807, 2.05) is 49.5 Å². The Labute approximate surface area is 194 Å². The molecule has 2 amide bonds. The third-order valence-electron chi connectivity index (χ3n) is 7.50. The number of cyclic esters (lactones) is 1. The largest absolute Gasteiger partial charge is 0.447 e. The zero-order valence-electron chi connectivity index (χ0n) is 19.0. The Hall–Kier alpha value is -3.21. The van der Waals surface area contributed by atoms with Crippen LogP contribution in [0.4, 0.5) is 4.79 Å². The quantitative estimate of drug-likeness (QED) is 0.506. The second-order valence-corrected chi connectivity index (χ2v) is 9.45. The van der Waals surface area contributed by atoms with Gasteiger partial charge in [0.1, 0.15) is 6.61 Å². The summed E-state index contributed by atoms with van der Waals surface area (Å²) >= 11 is 0. The van der Waals surface area contributed by atoms with Crippen molar-refractivity contribution in [2.24, 2.45) is 11.8 Å². The molecule has 1 saturated heterocycles. The Balaban J connectivity index is 1.25. The SMILES string of the molecule is CC(C(=O)N1C(=O)OC[C@H]1Cc1ccccc1)C1CCC(c2ccnc3ccccc23)CC1. The number of carbonyl (C=O) groups excluding carboxylic acids is 2. The fourth-order valence-corrected chi connectivity index (χ4v) is 5.59. The van der Waals surface area contributed by atoms with Gasteiger partial charge < -0.3 is 4.74 Å². The maximum absolute atomic E-state index is 13.4. The summed E-state index contributed by atoms with van der Waals surface area (Å²) in [5, 5.41) is 1.23. The summed E-state index contributed by atoms with van der Waals surface area (Å²) in [6.45, 7) is 2.26. The smallest absolute Gasteiger partial charge is 0.416 e. The molecular weight excluding hydrogens is 412 g/mol. The van der Waals surface area contributed by atoms with Crippen LogP contribution in [0.5, 0.6) is 0 Å². The number of imide groups is 1. The number of pyridine rings is 1. The van der Waals surface area contributed by atoms with Gasteiger partial charge in [0.15, 0.2) is 0 Å². The summed E-state index contributed by atoms with van der Waals surface area (Å²) in [5.41, 5.74) is 3.51. The van der Waals surface area contributed by atoms with Crippen LogP contribution in [0.25, 0.3) is 10.9 Å². The number of hydrogen-bond acceptors (Lipinski definition) is 4. The van der Waals surface area contributed by atoms with Gasteiger partial charge in [0.2, 0.25) is 5.91 Å².